The van der Waals surface area contributed by atoms with E-state index in [4.69, 9.17) is 23.2 Å². The Bertz CT molecular complexity index is 350. The van der Waals surface area contributed by atoms with Crippen LogP contribution in [0.4, 0.5) is 0 Å². The van der Waals surface area contributed by atoms with E-state index in [0.717, 1.165) is 24.9 Å². The molecule has 1 atom stereocenters. The lowest BCUT2D eigenvalue weighted by atomic mass is 9.97. The molecule has 1 aromatic carbocycles. The summed E-state index contributed by atoms with van der Waals surface area (Å²) in [5.41, 5.74) is 1.13. The van der Waals surface area contributed by atoms with Gasteiger partial charge in [-0.15, -0.1) is 0 Å². The molecule has 17 heavy (non-hydrogen) atoms. The fourth-order valence-corrected chi connectivity index (χ4v) is 2.47. The lowest BCUT2D eigenvalue weighted by Gasteiger charge is -2.20. The first-order valence-electron chi connectivity index (χ1n) is 6.20. The van der Waals surface area contributed by atoms with Crippen molar-refractivity contribution in [2.75, 3.05) is 6.54 Å². The molecule has 0 radical (unpaired) electrons. The zero-order valence-electron chi connectivity index (χ0n) is 10.8. The van der Waals surface area contributed by atoms with Crippen LogP contribution in [0.2, 0.25) is 10.0 Å². The van der Waals surface area contributed by atoms with Gasteiger partial charge in [-0.05, 0) is 36.9 Å². The van der Waals surface area contributed by atoms with Gasteiger partial charge in [0.05, 0.1) is 10.0 Å². The van der Waals surface area contributed by atoms with Crippen LogP contribution in [0.25, 0.3) is 0 Å². The van der Waals surface area contributed by atoms with Crippen LogP contribution in [0.15, 0.2) is 18.2 Å². The first-order valence-corrected chi connectivity index (χ1v) is 6.96. The van der Waals surface area contributed by atoms with Crippen molar-refractivity contribution in [1.82, 2.24) is 5.32 Å². The van der Waals surface area contributed by atoms with Crippen molar-refractivity contribution >= 4 is 23.2 Å². The average Bonchev–Trinajstić information content (AvgIpc) is 2.24. The third-order valence-electron chi connectivity index (χ3n) is 2.75. The number of benzene rings is 1. The second kappa shape index (κ2) is 7.25. The summed E-state index contributed by atoms with van der Waals surface area (Å²) in [6.07, 6.45) is 2.09. The summed E-state index contributed by atoms with van der Waals surface area (Å²) in [5, 5.41) is 4.85. The van der Waals surface area contributed by atoms with Crippen LogP contribution in [0.1, 0.15) is 32.8 Å². The SMILES string of the molecule is CCNC(Cc1cccc(Cl)c1Cl)CC(C)C. The summed E-state index contributed by atoms with van der Waals surface area (Å²) in [6, 6.07) is 6.31. The molecule has 1 unspecified atom stereocenters. The zero-order chi connectivity index (χ0) is 12.8. The average molecular weight is 274 g/mol. The van der Waals surface area contributed by atoms with Gasteiger partial charge in [-0.25, -0.2) is 0 Å². The van der Waals surface area contributed by atoms with E-state index < -0.39 is 0 Å². The normalized spacial score (nSPS) is 13.1. The van der Waals surface area contributed by atoms with Crippen molar-refractivity contribution in [1.29, 1.82) is 0 Å². The van der Waals surface area contributed by atoms with Gasteiger partial charge >= 0.3 is 0 Å². The molecular formula is C14H21Cl2N. The quantitative estimate of drug-likeness (QED) is 0.801. The summed E-state index contributed by atoms with van der Waals surface area (Å²) < 4.78 is 0. The molecule has 0 aliphatic rings. The van der Waals surface area contributed by atoms with Gasteiger partial charge in [0, 0.05) is 6.04 Å². The molecule has 0 saturated carbocycles. The van der Waals surface area contributed by atoms with Crippen LogP contribution in [-0.2, 0) is 6.42 Å². The Balaban J connectivity index is 2.74. The van der Waals surface area contributed by atoms with Crippen molar-refractivity contribution in [3.05, 3.63) is 33.8 Å². The van der Waals surface area contributed by atoms with Crippen molar-refractivity contribution in [2.45, 2.75) is 39.7 Å². The molecule has 96 valence electrons. The summed E-state index contributed by atoms with van der Waals surface area (Å²) >= 11 is 12.2. The summed E-state index contributed by atoms with van der Waals surface area (Å²) in [5.74, 6) is 0.678. The largest absolute Gasteiger partial charge is 0.314 e. The number of likely N-dealkylation sites (N-methyl/N-ethyl adjacent to an activating group) is 1. The molecule has 0 fully saturated rings. The fourth-order valence-electron chi connectivity index (χ4n) is 2.07. The van der Waals surface area contributed by atoms with E-state index in [1.807, 2.05) is 12.1 Å². The van der Waals surface area contributed by atoms with Crippen LogP contribution in [-0.4, -0.2) is 12.6 Å². The van der Waals surface area contributed by atoms with Gasteiger partial charge in [0.15, 0.2) is 0 Å². The molecule has 0 heterocycles. The molecule has 0 aliphatic heterocycles. The van der Waals surface area contributed by atoms with Gasteiger partial charge in [0.1, 0.15) is 0 Å². The highest BCUT2D eigenvalue weighted by atomic mass is 35.5. The summed E-state index contributed by atoms with van der Waals surface area (Å²) in [6.45, 7) is 7.59. The third kappa shape index (κ3) is 4.87. The number of rotatable bonds is 6. The molecule has 0 amide bonds. The highest BCUT2D eigenvalue weighted by Gasteiger charge is 2.13. The molecule has 1 nitrogen and oxygen atoms in total. The highest BCUT2D eigenvalue weighted by Crippen LogP contribution is 2.27. The molecule has 0 aromatic heterocycles. The second-order valence-corrected chi connectivity index (χ2v) is 5.59. The minimum Gasteiger partial charge on any atom is -0.314 e. The van der Waals surface area contributed by atoms with Crippen LogP contribution < -0.4 is 5.32 Å². The number of nitrogens with one attached hydrogen (secondary N) is 1. The smallest absolute Gasteiger partial charge is 0.0624 e. The molecule has 0 saturated heterocycles. The summed E-state index contributed by atoms with van der Waals surface area (Å²) in [4.78, 5) is 0. The van der Waals surface area contributed by atoms with E-state index in [-0.39, 0.29) is 0 Å². The molecule has 0 bridgehead atoms. The van der Waals surface area contributed by atoms with Gasteiger partial charge in [0.25, 0.3) is 0 Å². The molecular weight excluding hydrogens is 253 g/mol. The second-order valence-electron chi connectivity index (χ2n) is 4.80. The molecule has 3 heteroatoms. The minimum absolute atomic E-state index is 0.468. The Hall–Kier alpha value is -0.240. The Morgan fingerprint density at radius 1 is 1.24 bits per heavy atom. The maximum atomic E-state index is 6.21. The van der Waals surface area contributed by atoms with Crippen molar-refractivity contribution < 1.29 is 0 Å². The Morgan fingerprint density at radius 2 is 1.94 bits per heavy atom. The maximum Gasteiger partial charge on any atom is 0.0624 e. The Labute approximate surface area is 115 Å². The van der Waals surface area contributed by atoms with E-state index in [1.165, 1.54) is 0 Å². The number of hydrogen-bond acceptors (Lipinski definition) is 1. The predicted octanol–water partition coefficient (Wildman–Crippen LogP) is 4.56. The third-order valence-corrected chi connectivity index (χ3v) is 3.60. The van der Waals surface area contributed by atoms with Crippen LogP contribution in [0, 0.1) is 5.92 Å². The molecule has 0 spiro atoms. The molecule has 1 N–H and O–H groups in total. The van der Waals surface area contributed by atoms with Gasteiger partial charge in [-0.2, -0.15) is 0 Å². The Morgan fingerprint density at radius 3 is 2.53 bits per heavy atom. The summed E-state index contributed by atoms with van der Waals surface area (Å²) in [7, 11) is 0. The van der Waals surface area contributed by atoms with Gasteiger partial charge in [0.2, 0.25) is 0 Å². The van der Waals surface area contributed by atoms with Crippen molar-refractivity contribution in [3.8, 4) is 0 Å². The molecule has 1 aromatic rings. The number of hydrogen-bond donors (Lipinski definition) is 1. The van der Waals surface area contributed by atoms with Crippen LogP contribution in [0.3, 0.4) is 0 Å². The van der Waals surface area contributed by atoms with Crippen molar-refractivity contribution in [2.24, 2.45) is 5.92 Å². The van der Waals surface area contributed by atoms with E-state index in [0.29, 0.717) is 22.0 Å². The zero-order valence-corrected chi connectivity index (χ0v) is 12.3. The first kappa shape index (κ1) is 14.8. The van der Waals surface area contributed by atoms with Gasteiger partial charge < -0.3 is 5.32 Å². The van der Waals surface area contributed by atoms with Crippen molar-refractivity contribution in [3.63, 3.8) is 0 Å². The molecule has 1 rings (SSSR count). The number of halogens is 2. The predicted molar refractivity (Wildman–Crippen MR) is 77.1 cm³/mol. The van der Waals surface area contributed by atoms with Crippen LogP contribution >= 0.6 is 23.2 Å². The van der Waals surface area contributed by atoms with E-state index in [9.17, 15) is 0 Å². The van der Waals surface area contributed by atoms with E-state index >= 15 is 0 Å². The lowest BCUT2D eigenvalue weighted by Crippen LogP contribution is -2.32. The fraction of sp³-hybridized carbons (Fsp3) is 0.571. The van der Waals surface area contributed by atoms with Gasteiger partial charge in [-0.3, -0.25) is 0 Å². The topological polar surface area (TPSA) is 12.0 Å². The van der Waals surface area contributed by atoms with E-state index in [2.05, 4.69) is 32.2 Å². The first-order chi connectivity index (χ1) is 8.04. The minimum atomic E-state index is 0.468. The maximum absolute atomic E-state index is 6.21. The van der Waals surface area contributed by atoms with E-state index in [1.54, 1.807) is 0 Å². The lowest BCUT2D eigenvalue weighted by molar-refractivity contribution is 0.424. The highest BCUT2D eigenvalue weighted by molar-refractivity contribution is 6.42. The van der Waals surface area contributed by atoms with Gasteiger partial charge in [-0.1, -0.05) is 56.1 Å². The monoisotopic (exact) mass is 273 g/mol. The standard InChI is InChI=1S/C14H21Cl2N/c1-4-17-12(8-10(2)3)9-11-6-5-7-13(15)14(11)16/h5-7,10,12,17H,4,8-9H2,1-3H3. The van der Waals surface area contributed by atoms with Crippen LogP contribution in [0.5, 0.6) is 0 Å². The Kier molecular flexibility index (Phi) is 6.32. The molecule has 0 aliphatic carbocycles.